The van der Waals surface area contributed by atoms with Crippen LogP contribution in [0.2, 0.25) is 0 Å². The fourth-order valence-corrected chi connectivity index (χ4v) is 6.14. The van der Waals surface area contributed by atoms with Gasteiger partial charge in [0.1, 0.15) is 10.0 Å². The number of imidazole rings is 1. The molecule has 0 amide bonds. The minimum atomic E-state index is -3.51. The van der Waals surface area contributed by atoms with Crippen LogP contribution >= 0.6 is 11.3 Å². The molecule has 1 fully saturated rings. The molecule has 6 nitrogen and oxygen atoms in total. The third-order valence-electron chi connectivity index (χ3n) is 5.35. The second kappa shape index (κ2) is 8.10. The zero-order valence-electron chi connectivity index (χ0n) is 15.8. The van der Waals surface area contributed by atoms with Gasteiger partial charge in [-0.2, -0.15) is 8.78 Å². The second-order valence-corrected chi connectivity index (χ2v) is 10.0. The highest BCUT2D eigenvalue weighted by Gasteiger charge is 2.30. The Labute approximate surface area is 172 Å². The lowest BCUT2D eigenvalue weighted by molar-refractivity contribution is 0.0621. The van der Waals surface area contributed by atoms with Crippen molar-refractivity contribution in [2.24, 2.45) is 0 Å². The van der Waals surface area contributed by atoms with E-state index in [9.17, 15) is 17.2 Å². The van der Waals surface area contributed by atoms with Gasteiger partial charge in [0.05, 0.1) is 17.1 Å². The van der Waals surface area contributed by atoms with Crippen LogP contribution in [0.25, 0.3) is 11.0 Å². The summed E-state index contributed by atoms with van der Waals surface area (Å²) in [6.45, 7) is 0.405. The fourth-order valence-electron chi connectivity index (χ4n) is 3.82. The molecule has 0 saturated carbocycles. The Morgan fingerprint density at radius 2 is 1.90 bits per heavy atom. The van der Waals surface area contributed by atoms with E-state index in [4.69, 9.17) is 0 Å². The largest absolute Gasteiger partial charge is 0.320 e. The maximum absolute atomic E-state index is 13.7. The highest BCUT2D eigenvalue weighted by atomic mass is 32.2. The lowest BCUT2D eigenvalue weighted by Gasteiger charge is -2.35. The molecular formula is C19H22F2N4O2S2. The summed E-state index contributed by atoms with van der Waals surface area (Å²) in [5.74, 6) is 0.332. The molecule has 29 heavy (non-hydrogen) atoms. The molecule has 1 atom stereocenters. The van der Waals surface area contributed by atoms with Crippen molar-refractivity contribution in [2.75, 3.05) is 13.1 Å². The van der Waals surface area contributed by atoms with Crippen molar-refractivity contribution < 1.29 is 17.2 Å². The van der Waals surface area contributed by atoms with E-state index >= 15 is 0 Å². The Morgan fingerprint density at radius 1 is 1.17 bits per heavy atom. The first-order valence-corrected chi connectivity index (χ1v) is 11.8. The van der Waals surface area contributed by atoms with E-state index in [2.05, 4.69) is 14.6 Å². The first-order chi connectivity index (χ1) is 13.9. The van der Waals surface area contributed by atoms with Gasteiger partial charge in [-0.05, 0) is 43.3 Å². The summed E-state index contributed by atoms with van der Waals surface area (Å²) in [6.07, 6.45) is 1.23. The van der Waals surface area contributed by atoms with Crippen molar-refractivity contribution in [3.8, 4) is 0 Å². The Kier molecular flexibility index (Phi) is 5.69. The molecule has 3 heterocycles. The second-order valence-electron chi connectivity index (χ2n) is 7.15. The smallest absolute Gasteiger partial charge is 0.294 e. The maximum Gasteiger partial charge on any atom is 0.320 e. The fraction of sp³-hybridized carbons (Fsp3) is 0.421. The predicted octanol–water partition coefficient (Wildman–Crippen LogP) is 4.00. The van der Waals surface area contributed by atoms with E-state index in [0.717, 1.165) is 4.57 Å². The zero-order chi connectivity index (χ0) is 20.6. The van der Waals surface area contributed by atoms with E-state index in [1.54, 1.807) is 41.8 Å². The normalized spacial score (nSPS) is 17.9. The van der Waals surface area contributed by atoms with E-state index < -0.39 is 16.6 Å². The number of likely N-dealkylation sites (tertiary alicyclic amines) is 1. The van der Waals surface area contributed by atoms with Gasteiger partial charge >= 0.3 is 6.55 Å². The Hall–Kier alpha value is -1.88. The van der Waals surface area contributed by atoms with Gasteiger partial charge in [0.15, 0.2) is 0 Å². The number of nitrogens with zero attached hydrogens (tertiary/aromatic N) is 3. The van der Waals surface area contributed by atoms with Crippen molar-refractivity contribution in [3.05, 3.63) is 47.6 Å². The Bertz CT molecular complexity index is 1080. The molecule has 1 unspecified atom stereocenters. The molecule has 1 N–H and O–H groups in total. The summed E-state index contributed by atoms with van der Waals surface area (Å²) in [7, 11) is -3.51. The van der Waals surface area contributed by atoms with Gasteiger partial charge < -0.3 is 0 Å². The third-order valence-corrected chi connectivity index (χ3v) is 8.27. The maximum atomic E-state index is 13.7. The molecule has 4 rings (SSSR count). The number of halogens is 2. The lowest BCUT2D eigenvalue weighted by atomic mass is 10.0. The van der Waals surface area contributed by atoms with Gasteiger partial charge in [0, 0.05) is 19.1 Å². The number of para-hydroxylation sites is 2. The number of rotatable bonds is 6. The summed E-state index contributed by atoms with van der Waals surface area (Å²) < 4.78 is 56.3. The number of piperidine rings is 1. The topological polar surface area (TPSA) is 67.2 Å². The van der Waals surface area contributed by atoms with Crippen LogP contribution < -0.4 is 4.72 Å². The van der Waals surface area contributed by atoms with Gasteiger partial charge in [-0.15, -0.1) is 11.3 Å². The molecule has 3 aromatic rings. The summed E-state index contributed by atoms with van der Waals surface area (Å²) in [5.41, 5.74) is 0.969. The average Bonchev–Trinajstić information content (AvgIpc) is 3.36. The van der Waals surface area contributed by atoms with Crippen LogP contribution in [-0.4, -0.2) is 42.0 Å². The highest BCUT2D eigenvalue weighted by Crippen LogP contribution is 2.31. The number of aromatic nitrogens is 2. The molecule has 0 spiro atoms. The molecule has 10 heteroatoms. The zero-order valence-corrected chi connectivity index (χ0v) is 17.5. The summed E-state index contributed by atoms with van der Waals surface area (Å²) in [6, 6.07) is 9.71. The number of hydrogen-bond acceptors (Lipinski definition) is 5. The minimum Gasteiger partial charge on any atom is -0.294 e. The summed E-state index contributed by atoms with van der Waals surface area (Å²) in [4.78, 5) is 6.53. The van der Waals surface area contributed by atoms with Crippen LogP contribution in [-0.2, 0) is 10.0 Å². The Balaban J connectivity index is 1.47. The average molecular weight is 441 g/mol. The molecule has 156 valence electrons. The monoisotopic (exact) mass is 440 g/mol. The van der Waals surface area contributed by atoms with Crippen molar-refractivity contribution in [2.45, 2.75) is 42.6 Å². The number of alkyl halides is 2. The van der Waals surface area contributed by atoms with Crippen LogP contribution in [0.1, 0.15) is 38.2 Å². The SMILES string of the molecule is CC(c1nc2ccccc2n1C(F)F)N1CCC(NS(=O)(=O)c2cccs2)CC1. The molecule has 1 aliphatic heterocycles. The number of benzene rings is 1. The van der Waals surface area contributed by atoms with Gasteiger partial charge in [-0.1, -0.05) is 18.2 Å². The van der Waals surface area contributed by atoms with Gasteiger partial charge in [-0.3, -0.25) is 9.47 Å². The van der Waals surface area contributed by atoms with Crippen LogP contribution in [0.3, 0.4) is 0 Å². The van der Waals surface area contributed by atoms with Crippen molar-refractivity contribution in [1.29, 1.82) is 0 Å². The molecule has 1 saturated heterocycles. The van der Waals surface area contributed by atoms with Gasteiger partial charge in [-0.25, -0.2) is 18.1 Å². The number of nitrogens with one attached hydrogen (secondary N) is 1. The van der Waals surface area contributed by atoms with Crippen molar-refractivity contribution in [3.63, 3.8) is 0 Å². The van der Waals surface area contributed by atoms with Crippen LogP contribution in [0, 0.1) is 0 Å². The van der Waals surface area contributed by atoms with E-state index in [0.29, 0.717) is 47.0 Å². The number of sulfonamides is 1. The summed E-state index contributed by atoms with van der Waals surface area (Å²) in [5, 5.41) is 1.73. The van der Waals surface area contributed by atoms with Gasteiger partial charge in [0.25, 0.3) is 0 Å². The van der Waals surface area contributed by atoms with E-state index in [1.807, 2.05) is 6.92 Å². The first kappa shape index (κ1) is 20.4. The van der Waals surface area contributed by atoms with Gasteiger partial charge in [0.2, 0.25) is 10.0 Å². The van der Waals surface area contributed by atoms with Crippen LogP contribution in [0.4, 0.5) is 8.78 Å². The predicted molar refractivity (Wildman–Crippen MR) is 109 cm³/mol. The standard InChI is InChI=1S/C19H22F2N4O2S2/c1-13(18-22-15-5-2-3-6-16(15)25(18)19(20)21)24-10-8-14(9-11-24)23-29(26,27)17-7-4-12-28-17/h2-7,12-14,19,23H,8-11H2,1H3. The molecule has 0 aliphatic carbocycles. The van der Waals surface area contributed by atoms with Crippen molar-refractivity contribution >= 4 is 32.4 Å². The number of thiophene rings is 1. The van der Waals surface area contributed by atoms with Crippen LogP contribution in [0.5, 0.6) is 0 Å². The van der Waals surface area contributed by atoms with E-state index in [1.165, 1.54) is 11.3 Å². The molecule has 0 radical (unpaired) electrons. The number of fused-ring (bicyclic) bond motifs is 1. The first-order valence-electron chi connectivity index (χ1n) is 9.42. The highest BCUT2D eigenvalue weighted by molar-refractivity contribution is 7.91. The lowest BCUT2D eigenvalue weighted by Crippen LogP contribution is -2.45. The Morgan fingerprint density at radius 3 is 2.55 bits per heavy atom. The van der Waals surface area contributed by atoms with Crippen LogP contribution in [0.15, 0.2) is 46.0 Å². The summed E-state index contributed by atoms with van der Waals surface area (Å²) >= 11 is 1.18. The minimum absolute atomic E-state index is 0.167. The third kappa shape index (κ3) is 4.07. The quantitative estimate of drug-likeness (QED) is 0.629. The molecule has 0 bridgehead atoms. The molecule has 1 aliphatic rings. The number of hydrogen-bond donors (Lipinski definition) is 1. The molecule has 2 aromatic heterocycles. The van der Waals surface area contributed by atoms with Crippen molar-refractivity contribution in [1.82, 2.24) is 19.2 Å². The van der Waals surface area contributed by atoms with E-state index in [-0.39, 0.29) is 12.1 Å². The molecule has 1 aromatic carbocycles. The molecular weight excluding hydrogens is 418 g/mol.